The third-order valence-electron chi connectivity index (χ3n) is 8.51. The van der Waals surface area contributed by atoms with E-state index in [4.69, 9.17) is 4.74 Å². The molecule has 10 nitrogen and oxygen atoms in total. The first-order valence-electron chi connectivity index (χ1n) is 14.6. The largest absolute Gasteiger partial charge is 0.420 e. The van der Waals surface area contributed by atoms with E-state index in [0.717, 1.165) is 49.8 Å². The monoisotopic (exact) mass is 648 g/mol. The van der Waals surface area contributed by atoms with Crippen molar-refractivity contribution in [3.8, 4) is 10.6 Å². The van der Waals surface area contributed by atoms with Crippen LogP contribution in [0.2, 0.25) is 0 Å². The Labute approximate surface area is 256 Å². The molecule has 3 fully saturated rings. The Morgan fingerprint density at radius 3 is 2.64 bits per heavy atom. The van der Waals surface area contributed by atoms with Crippen LogP contribution in [-0.2, 0) is 20.8 Å². The van der Waals surface area contributed by atoms with Crippen LogP contribution in [0.15, 0.2) is 35.4 Å². The van der Waals surface area contributed by atoms with E-state index in [0.29, 0.717) is 35.2 Å². The number of alkyl halides is 3. The minimum absolute atomic E-state index is 0.00288. The molecule has 44 heavy (non-hydrogen) atoms. The molecule has 3 aliphatic heterocycles. The van der Waals surface area contributed by atoms with Crippen LogP contribution >= 0.6 is 11.3 Å². The van der Waals surface area contributed by atoms with Crippen LogP contribution in [0.3, 0.4) is 0 Å². The van der Waals surface area contributed by atoms with Gasteiger partial charge in [-0.15, -0.1) is 11.3 Å². The highest BCUT2D eigenvalue weighted by atomic mass is 32.2. The molecule has 234 valence electrons. The number of fused-ring (bicyclic) bond motifs is 1. The van der Waals surface area contributed by atoms with Gasteiger partial charge in [-0.05, 0) is 55.5 Å². The van der Waals surface area contributed by atoms with Gasteiger partial charge in [-0.1, -0.05) is 0 Å². The van der Waals surface area contributed by atoms with Crippen molar-refractivity contribution in [2.24, 2.45) is 0 Å². The molecule has 1 atom stereocenters. The fourth-order valence-corrected chi connectivity index (χ4v) is 8.82. The Morgan fingerprint density at radius 2 is 1.95 bits per heavy atom. The zero-order valence-corrected chi connectivity index (χ0v) is 25.5. The minimum Gasteiger partial charge on any atom is -0.377 e. The van der Waals surface area contributed by atoms with Gasteiger partial charge in [0.15, 0.2) is 9.84 Å². The quantitative estimate of drug-likeness (QED) is 0.404. The highest BCUT2D eigenvalue weighted by Gasteiger charge is 2.41. The standard InChI is InChI=1S/C29H31F3N6O4S2/c1-16-13-37(7-6-33-16)18-4-5-22(20(10-18)17-2-3-17)35-28-34-12-21(29(30,31)32)25(36-28)23-11-24-26(43-23)27(39)38(19-14-42-15-19)8-9-44(24,40)41/h4-5,10-12,16-17,19,33H,2-3,6-9,13-15H2,1H3,(H,34,35,36)/t16-/m0/s1. The number of rotatable bonds is 6. The molecule has 0 radical (unpaired) electrons. The van der Waals surface area contributed by atoms with Crippen LogP contribution in [0.25, 0.3) is 10.6 Å². The molecular weight excluding hydrogens is 617 g/mol. The Balaban J connectivity index is 1.25. The average Bonchev–Trinajstić information content (AvgIpc) is 3.71. The molecule has 0 unspecified atom stereocenters. The van der Waals surface area contributed by atoms with Crippen LogP contribution in [0.1, 0.15) is 46.5 Å². The van der Waals surface area contributed by atoms with Crippen molar-refractivity contribution in [3.05, 3.63) is 46.5 Å². The molecule has 1 saturated carbocycles. The summed E-state index contributed by atoms with van der Waals surface area (Å²) in [5.74, 6) is -0.572. The Kier molecular flexibility index (Phi) is 7.34. The van der Waals surface area contributed by atoms with E-state index in [1.165, 1.54) is 4.90 Å². The van der Waals surface area contributed by atoms with E-state index in [1.54, 1.807) is 0 Å². The fourth-order valence-electron chi connectivity index (χ4n) is 5.90. The number of nitrogens with zero attached hydrogens (tertiary/aromatic N) is 4. The van der Waals surface area contributed by atoms with Crippen LogP contribution in [0.5, 0.6) is 0 Å². The molecule has 3 aromatic rings. The number of ether oxygens (including phenoxy) is 1. The van der Waals surface area contributed by atoms with Gasteiger partial charge in [0.1, 0.15) is 10.4 Å². The topological polar surface area (TPSA) is 117 Å². The summed E-state index contributed by atoms with van der Waals surface area (Å²) in [4.78, 5) is 25.0. The molecule has 7 rings (SSSR count). The van der Waals surface area contributed by atoms with Crippen molar-refractivity contribution in [3.63, 3.8) is 0 Å². The Bertz CT molecular complexity index is 1720. The number of benzene rings is 1. The van der Waals surface area contributed by atoms with E-state index >= 15 is 0 Å². The number of carbonyl (C=O) groups is 1. The van der Waals surface area contributed by atoms with E-state index in [-0.39, 0.29) is 52.2 Å². The lowest BCUT2D eigenvalue weighted by Crippen LogP contribution is -2.52. The number of carbonyl (C=O) groups excluding carboxylic acids is 1. The summed E-state index contributed by atoms with van der Waals surface area (Å²) >= 11 is 0.709. The Morgan fingerprint density at radius 1 is 1.16 bits per heavy atom. The fraction of sp³-hybridized carbons (Fsp3) is 0.483. The van der Waals surface area contributed by atoms with Gasteiger partial charge >= 0.3 is 6.18 Å². The van der Waals surface area contributed by atoms with E-state index in [2.05, 4.69) is 38.5 Å². The zero-order valence-electron chi connectivity index (χ0n) is 23.9. The van der Waals surface area contributed by atoms with Crippen molar-refractivity contribution in [2.75, 3.05) is 55.4 Å². The highest BCUT2D eigenvalue weighted by Crippen LogP contribution is 2.46. The molecule has 1 aromatic carbocycles. The zero-order chi connectivity index (χ0) is 30.8. The number of hydrogen-bond donors (Lipinski definition) is 2. The molecule has 4 aliphatic rings. The SMILES string of the molecule is C[C@H]1CN(c2ccc(Nc3ncc(C(F)(F)F)c(-c4cc5c(s4)C(=O)N(C4COC4)CCS5(=O)=O)n3)c(C3CC3)c2)CCN1. The summed E-state index contributed by atoms with van der Waals surface area (Å²) in [5, 5.41) is 6.57. The number of hydrogen-bond acceptors (Lipinski definition) is 10. The molecular formula is C29H31F3N6O4S2. The van der Waals surface area contributed by atoms with Gasteiger partial charge in [0.25, 0.3) is 5.91 Å². The lowest BCUT2D eigenvalue weighted by molar-refractivity contribution is -0.137. The van der Waals surface area contributed by atoms with Crippen LogP contribution in [0.4, 0.5) is 30.5 Å². The van der Waals surface area contributed by atoms with Gasteiger partial charge in [0, 0.05) is 49.8 Å². The Hall–Kier alpha value is -3.27. The summed E-state index contributed by atoms with van der Waals surface area (Å²) in [7, 11) is -3.92. The predicted molar refractivity (Wildman–Crippen MR) is 159 cm³/mol. The van der Waals surface area contributed by atoms with Gasteiger partial charge in [-0.3, -0.25) is 4.79 Å². The van der Waals surface area contributed by atoms with Crippen LogP contribution < -0.4 is 15.5 Å². The number of piperazine rings is 1. The van der Waals surface area contributed by atoms with Gasteiger partial charge in [0.2, 0.25) is 5.95 Å². The summed E-state index contributed by atoms with van der Waals surface area (Å²) < 4.78 is 74.1. The molecule has 1 amide bonds. The van der Waals surface area contributed by atoms with Crippen molar-refractivity contribution in [1.82, 2.24) is 20.2 Å². The second-order valence-electron chi connectivity index (χ2n) is 11.7. The summed E-state index contributed by atoms with van der Waals surface area (Å²) in [6.45, 7) is 5.34. The second-order valence-corrected chi connectivity index (χ2v) is 14.9. The molecule has 2 N–H and O–H groups in total. The second kappa shape index (κ2) is 11.0. The first kappa shape index (κ1) is 29.4. The number of sulfone groups is 1. The van der Waals surface area contributed by atoms with Crippen molar-refractivity contribution in [2.45, 2.75) is 48.8 Å². The highest BCUT2D eigenvalue weighted by molar-refractivity contribution is 7.91. The van der Waals surface area contributed by atoms with Crippen molar-refractivity contribution in [1.29, 1.82) is 0 Å². The molecule has 2 saturated heterocycles. The normalized spacial score (nSPS) is 22.4. The van der Waals surface area contributed by atoms with Gasteiger partial charge in [-0.2, -0.15) is 13.2 Å². The molecule has 0 bridgehead atoms. The lowest BCUT2D eigenvalue weighted by Gasteiger charge is -2.36. The number of aromatic nitrogens is 2. The third kappa shape index (κ3) is 5.54. The maximum Gasteiger partial charge on any atom is 0.420 e. The van der Waals surface area contributed by atoms with Gasteiger partial charge in [0.05, 0.1) is 40.5 Å². The van der Waals surface area contributed by atoms with E-state index < -0.39 is 33.2 Å². The van der Waals surface area contributed by atoms with Gasteiger partial charge < -0.3 is 25.2 Å². The summed E-state index contributed by atoms with van der Waals surface area (Å²) in [5.41, 5.74) is 1.27. The number of halogens is 3. The molecule has 5 heterocycles. The molecule has 15 heteroatoms. The lowest BCUT2D eigenvalue weighted by atomic mass is 10.1. The first-order chi connectivity index (χ1) is 21.0. The first-order valence-corrected chi connectivity index (χ1v) is 17.0. The summed E-state index contributed by atoms with van der Waals surface area (Å²) in [6, 6.07) is 7.27. The van der Waals surface area contributed by atoms with Crippen LogP contribution in [0, 0.1) is 0 Å². The van der Waals surface area contributed by atoms with E-state index in [1.807, 2.05) is 12.1 Å². The average molecular weight is 649 g/mol. The maximum atomic E-state index is 14.2. The molecule has 2 aromatic heterocycles. The number of amides is 1. The third-order valence-corrected chi connectivity index (χ3v) is 11.5. The summed E-state index contributed by atoms with van der Waals surface area (Å²) in [6.07, 6.45) is -2.07. The number of nitrogens with one attached hydrogen (secondary N) is 2. The smallest absolute Gasteiger partial charge is 0.377 e. The maximum absolute atomic E-state index is 14.2. The molecule has 1 aliphatic carbocycles. The molecule has 0 spiro atoms. The number of thiophene rings is 1. The number of anilines is 3. The van der Waals surface area contributed by atoms with E-state index in [9.17, 15) is 26.4 Å². The van der Waals surface area contributed by atoms with Crippen molar-refractivity contribution >= 4 is 44.4 Å². The predicted octanol–water partition coefficient (Wildman–Crippen LogP) is 4.27. The van der Waals surface area contributed by atoms with Crippen molar-refractivity contribution < 1.29 is 31.1 Å². The van der Waals surface area contributed by atoms with Gasteiger partial charge in [-0.25, -0.2) is 18.4 Å². The van der Waals surface area contributed by atoms with Crippen LogP contribution in [-0.4, -0.2) is 86.4 Å². The minimum atomic E-state index is -4.81.